The van der Waals surface area contributed by atoms with E-state index < -0.39 is 5.54 Å². The molecule has 1 unspecified atom stereocenters. The minimum absolute atomic E-state index is 0.132. The standard InChI is InChI=1S/C19H20N2O2/c22-18-14-17(15-20-10-12-23-13-11-20)21-9-5-4-8-19(18,21)16-6-2-1-3-7-16/h1-9,14H,10-13,15H2. The number of ether oxygens (including phenoxy) is 1. The lowest BCUT2D eigenvalue weighted by Gasteiger charge is -2.39. The predicted molar refractivity (Wildman–Crippen MR) is 88.6 cm³/mol. The molecule has 118 valence electrons. The minimum atomic E-state index is -0.711. The maximum atomic E-state index is 12.9. The lowest BCUT2D eigenvalue weighted by molar-refractivity contribution is -0.120. The zero-order valence-corrected chi connectivity index (χ0v) is 13.0. The fraction of sp³-hybridized carbons (Fsp3) is 0.316. The summed E-state index contributed by atoms with van der Waals surface area (Å²) in [5.74, 6) is 0.132. The number of ketones is 1. The van der Waals surface area contributed by atoms with Gasteiger partial charge in [-0.2, -0.15) is 0 Å². The summed E-state index contributed by atoms with van der Waals surface area (Å²) < 4.78 is 5.41. The highest BCUT2D eigenvalue weighted by Gasteiger charge is 2.48. The first-order valence-corrected chi connectivity index (χ1v) is 8.07. The van der Waals surface area contributed by atoms with E-state index in [0.29, 0.717) is 0 Å². The molecule has 0 N–H and O–H groups in total. The Hall–Kier alpha value is -2.17. The van der Waals surface area contributed by atoms with Crippen LogP contribution in [0.15, 0.2) is 66.5 Å². The molecule has 3 aliphatic rings. The summed E-state index contributed by atoms with van der Waals surface area (Å²) in [5.41, 5.74) is 1.36. The third-order valence-corrected chi connectivity index (χ3v) is 4.75. The number of morpholine rings is 1. The Kier molecular flexibility index (Phi) is 3.63. The molecule has 0 saturated carbocycles. The second-order valence-corrected chi connectivity index (χ2v) is 6.09. The van der Waals surface area contributed by atoms with Crippen molar-refractivity contribution in [3.05, 3.63) is 72.1 Å². The van der Waals surface area contributed by atoms with Crippen molar-refractivity contribution in [3.8, 4) is 0 Å². The summed E-state index contributed by atoms with van der Waals surface area (Å²) in [6.07, 6.45) is 9.79. The van der Waals surface area contributed by atoms with E-state index in [-0.39, 0.29) is 5.78 Å². The molecule has 0 radical (unpaired) electrons. The smallest absolute Gasteiger partial charge is 0.191 e. The molecule has 1 atom stereocenters. The van der Waals surface area contributed by atoms with Crippen LogP contribution >= 0.6 is 0 Å². The first-order chi connectivity index (χ1) is 11.3. The molecule has 0 bridgehead atoms. The molecule has 4 rings (SSSR count). The molecule has 1 aromatic rings. The Morgan fingerprint density at radius 1 is 1.09 bits per heavy atom. The Balaban J connectivity index is 1.67. The van der Waals surface area contributed by atoms with Crippen molar-refractivity contribution in [1.29, 1.82) is 0 Å². The summed E-state index contributed by atoms with van der Waals surface area (Å²) in [5, 5.41) is 0. The van der Waals surface area contributed by atoms with Crippen LogP contribution in [-0.2, 0) is 15.1 Å². The molecular formula is C19H20N2O2. The van der Waals surface area contributed by atoms with Gasteiger partial charge in [-0.15, -0.1) is 0 Å². The molecule has 23 heavy (non-hydrogen) atoms. The quantitative estimate of drug-likeness (QED) is 0.856. The van der Waals surface area contributed by atoms with Crippen molar-refractivity contribution < 1.29 is 9.53 Å². The lowest BCUT2D eigenvalue weighted by atomic mass is 9.84. The summed E-state index contributed by atoms with van der Waals surface area (Å²) >= 11 is 0. The van der Waals surface area contributed by atoms with Crippen LogP contribution in [0.2, 0.25) is 0 Å². The van der Waals surface area contributed by atoms with Gasteiger partial charge in [-0.25, -0.2) is 0 Å². The molecule has 0 aliphatic carbocycles. The first-order valence-electron chi connectivity index (χ1n) is 8.07. The van der Waals surface area contributed by atoms with Crippen molar-refractivity contribution in [2.75, 3.05) is 32.8 Å². The molecule has 4 nitrogen and oxygen atoms in total. The van der Waals surface area contributed by atoms with Crippen molar-refractivity contribution in [2.24, 2.45) is 0 Å². The average Bonchev–Trinajstić information content (AvgIpc) is 2.90. The largest absolute Gasteiger partial charge is 0.379 e. The Labute approximate surface area is 136 Å². The summed E-state index contributed by atoms with van der Waals surface area (Å²) in [7, 11) is 0. The van der Waals surface area contributed by atoms with Gasteiger partial charge < -0.3 is 9.64 Å². The third-order valence-electron chi connectivity index (χ3n) is 4.75. The molecule has 3 heterocycles. The molecule has 0 spiro atoms. The molecular weight excluding hydrogens is 288 g/mol. The van der Waals surface area contributed by atoms with Crippen LogP contribution in [0, 0.1) is 0 Å². The van der Waals surface area contributed by atoms with Crippen molar-refractivity contribution in [2.45, 2.75) is 5.54 Å². The van der Waals surface area contributed by atoms with Gasteiger partial charge in [0, 0.05) is 37.6 Å². The maximum Gasteiger partial charge on any atom is 0.191 e. The number of hydrogen-bond donors (Lipinski definition) is 0. The van der Waals surface area contributed by atoms with Gasteiger partial charge in [-0.3, -0.25) is 9.69 Å². The number of benzene rings is 1. The predicted octanol–water partition coefficient (Wildman–Crippen LogP) is 2.07. The number of allylic oxidation sites excluding steroid dienone is 2. The summed E-state index contributed by atoms with van der Waals surface area (Å²) in [4.78, 5) is 17.4. The zero-order valence-electron chi connectivity index (χ0n) is 13.0. The van der Waals surface area contributed by atoms with Crippen LogP contribution in [0.1, 0.15) is 5.56 Å². The fourth-order valence-corrected chi connectivity index (χ4v) is 3.56. The maximum absolute atomic E-state index is 12.9. The first kappa shape index (κ1) is 14.4. The summed E-state index contributed by atoms with van der Waals surface area (Å²) in [6.45, 7) is 4.14. The molecule has 0 amide bonds. The second-order valence-electron chi connectivity index (χ2n) is 6.09. The van der Waals surface area contributed by atoms with E-state index in [0.717, 1.165) is 44.1 Å². The second kappa shape index (κ2) is 5.80. The van der Waals surface area contributed by atoms with Crippen LogP contribution < -0.4 is 0 Å². The normalized spacial score (nSPS) is 27.2. The number of carbonyl (C=O) groups is 1. The average molecular weight is 308 g/mol. The highest BCUT2D eigenvalue weighted by atomic mass is 16.5. The van der Waals surface area contributed by atoms with E-state index in [9.17, 15) is 4.79 Å². The lowest BCUT2D eigenvalue weighted by Crippen LogP contribution is -2.45. The fourth-order valence-electron chi connectivity index (χ4n) is 3.56. The molecule has 1 aromatic carbocycles. The van der Waals surface area contributed by atoms with E-state index in [2.05, 4.69) is 9.80 Å². The van der Waals surface area contributed by atoms with Gasteiger partial charge in [0.1, 0.15) is 0 Å². The molecule has 1 fully saturated rings. The molecule has 1 saturated heterocycles. The SMILES string of the molecule is O=C1C=C(CN2CCOCC2)N2C=CC=CC12c1ccccc1. The summed E-state index contributed by atoms with van der Waals surface area (Å²) in [6, 6.07) is 10.0. The van der Waals surface area contributed by atoms with Crippen LogP contribution in [0.5, 0.6) is 0 Å². The van der Waals surface area contributed by atoms with Gasteiger partial charge in [-0.05, 0) is 17.7 Å². The highest BCUT2D eigenvalue weighted by Crippen LogP contribution is 2.41. The van der Waals surface area contributed by atoms with Gasteiger partial charge in [-0.1, -0.05) is 36.4 Å². The van der Waals surface area contributed by atoms with Crippen LogP contribution in [0.3, 0.4) is 0 Å². The van der Waals surface area contributed by atoms with E-state index in [4.69, 9.17) is 4.74 Å². The number of nitrogens with zero attached hydrogens (tertiary/aromatic N) is 2. The minimum Gasteiger partial charge on any atom is -0.379 e. The highest BCUT2D eigenvalue weighted by molar-refractivity contribution is 6.04. The zero-order chi connectivity index (χ0) is 15.7. The van der Waals surface area contributed by atoms with Gasteiger partial charge >= 0.3 is 0 Å². The van der Waals surface area contributed by atoms with E-state index >= 15 is 0 Å². The molecule has 0 aromatic heterocycles. The van der Waals surface area contributed by atoms with Crippen molar-refractivity contribution in [3.63, 3.8) is 0 Å². The van der Waals surface area contributed by atoms with Crippen molar-refractivity contribution in [1.82, 2.24) is 9.80 Å². The van der Waals surface area contributed by atoms with E-state index in [1.54, 1.807) is 0 Å². The van der Waals surface area contributed by atoms with Gasteiger partial charge in [0.05, 0.1) is 13.2 Å². The number of hydrogen-bond acceptors (Lipinski definition) is 4. The topological polar surface area (TPSA) is 32.8 Å². The van der Waals surface area contributed by atoms with Gasteiger partial charge in [0.25, 0.3) is 0 Å². The molecule has 4 heteroatoms. The number of rotatable bonds is 3. The third kappa shape index (κ3) is 2.35. The van der Waals surface area contributed by atoms with E-state index in [1.807, 2.05) is 60.8 Å². The van der Waals surface area contributed by atoms with Crippen molar-refractivity contribution >= 4 is 5.78 Å². The molecule has 3 aliphatic heterocycles. The van der Waals surface area contributed by atoms with Crippen LogP contribution in [0.25, 0.3) is 0 Å². The number of carbonyl (C=O) groups excluding carboxylic acids is 1. The van der Waals surface area contributed by atoms with Crippen LogP contribution in [0.4, 0.5) is 0 Å². The Morgan fingerprint density at radius 3 is 2.65 bits per heavy atom. The Morgan fingerprint density at radius 2 is 1.87 bits per heavy atom. The Bertz CT molecular complexity index is 687. The van der Waals surface area contributed by atoms with E-state index in [1.165, 1.54) is 0 Å². The van der Waals surface area contributed by atoms with Gasteiger partial charge in [0.15, 0.2) is 11.3 Å². The number of fused-ring (bicyclic) bond motifs is 1. The van der Waals surface area contributed by atoms with Gasteiger partial charge in [0.2, 0.25) is 0 Å². The monoisotopic (exact) mass is 308 g/mol. The van der Waals surface area contributed by atoms with Crippen LogP contribution in [-0.4, -0.2) is 48.4 Å².